The van der Waals surface area contributed by atoms with Crippen molar-refractivity contribution < 1.29 is 9.90 Å². The zero-order valence-electron chi connectivity index (χ0n) is 13.3. The number of carboxylic acids is 1. The summed E-state index contributed by atoms with van der Waals surface area (Å²) in [4.78, 5) is 11.6. The van der Waals surface area contributed by atoms with Crippen LogP contribution in [0.5, 0.6) is 0 Å². The lowest BCUT2D eigenvalue weighted by atomic mass is 9.63. The molecule has 0 aromatic rings. The van der Waals surface area contributed by atoms with Gasteiger partial charge in [0.25, 0.3) is 0 Å². The van der Waals surface area contributed by atoms with Crippen molar-refractivity contribution in [2.75, 3.05) is 0 Å². The second-order valence-electron chi connectivity index (χ2n) is 7.27. The van der Waals surface area contributed by atoms with Crippen LogP contribution in [0.3, 0.4) is 0 Å². The minimum atomic E-state index is -0.525. The smallest absolute Gasteiger partial charge is 0.306 e. The summed E-state index contributed by atoms with van der Waals surface area (Å²) in [7, 11) is 0. The maximum Gasteiger partial charge on any atom is 0.306 e. The van der Waals surface area contributed by atoms with Crippen LogP contribution >= 0.6 is 0 Å². The van der Waals surface area contributed by atoms with E-state index in [9.17, 15) is 9.90 Å². The Morgan fingerprint density at radius 3 is 2.20 bits per heavy atom. The molecule has 2 heteroatoms. The molecule has 3 atom stereocenters. The molecule has 116 valence electrons. The summed E-state index contributed by atoms with van der Waals surface area (Å²) in [5.74, 6) is 2.29. The van der Waals surface area contributed by atoms with E-state index in [1.54, 1.807) is 0 Å². The van der Waals surface area contributed by atoms with Gasteiger partial charge in [0.15, 0.2) is 0 Å². The van der Waals surface area contributed by atoms with Crippen molar-refractivity contribution in [3.05, 3.63) is 0 Å². The molecule has 2 fully saturated rings. The Morgan fingerprint density at radius 1 is 1.00 bits per heavy atom. The zero-order chi connectivity index (χ0) is 14.5. The van der Waals surface area contributed by atoms with Crippen LogP contribution in [0.2, 0.25) is 0 Å². The molecule has 1 N–H and O–H groups in total. The van der Waals surface area contributed by atoms with E-state index in [0.29, 0.717) is 11.8 Å². The lowest BCUT2D eigenvalue weighted by Gasteiger charge is -2.41. The van der Waals surface area contributed by atoms with Gasteiger partial charge < -0.3 is 5.11 Å². The minimum Gasteiger partial charge on any atom is -0.481 e. The van der Waals surface area contributed by atoms with E-state index in [0.717, 1.165) is 24.7 Å². The average Bonchev–Trinajstić information content (AvgIpc) is 2.47. The fourth-order valence-corrected chi connectivity index (χ4v) is 4.82. The van der Waals surface area contributed by atoms with Crippen molar-refractivity contribution in [2.45, 2.75) is 78.1 Å². The van der Waals surface area contributed by atoms with Gasteiger partial charge in [-0.15, -0.1) is 0 Å². The molecule has 0 aliphatic heterocycles. The molecule has 0 amide bonds. The van der Waals surface area contributed by atoms with Crippen LogP contribution in [0.1, 0.15) is 78.1 Å². The number of hydrogen-bond donors (Lipinski definition) is 1. The van der Waals surface area contributed by atoms with Crippen molar-refractivity contribution in [2.24, 2.45) is 29.6 Å². The highest BCUT2D eigenvalue weighted by molar-refractivity contribution is 5.70. The zero-order valence-corrected chi connectivity index (χ0v) is 13.3. The summed E-state index contributed by atoms with van der Waals surface area (Å²) in [6.45, 7) is 4.55. The van der Waals surface area contributed by atoms with Crippen LogP contribution < -0.4 is 0 Å². The summed E-state index contributed by atoms with van der Waals surface area (Å²) >= 11 is 0. The molecule has 0 heterocycles. The summed E-state index contributed by atoms with van der Waals surface area (Å²) in [5.41, 5.74) is 0. The molecule has 20 heavy (non-hydrogen) atoms. The van der Waals surface area contributed by atoms with E-state index in [2.05, 4.69) is 13.8 Å². The maximum absolute atomic E-state index is 11.6. The minimum absolute atomic E-state index is 0.0497. The molecule has 0 radical (unpaired) electrons. The Kier molecular flexibility index (Phi) is 5.92. The molecule has 0 bridgehead atoms. The van der Waals surface area contributed by atoms with E-state index in [1.165, 1.54) is 51.4 Å². The SMILES string of the molecule is CCCC1CCC(C(=O)O)C(C2CCC(CC)CC2)C1. The first-order chi connectivity index (χ1) is 9.65. The van der Waals surface area contributed by atoms with Gasteiger partial charge in [0.2, 0.25) is 0 Å². The van der Waals surface area contributed by atoms with Crippen LogP contribution in [0.15, 0.2) is 0 Å². The molecule has 2 aliphatic rings. The predicted molar refractivity (Wildman–Crippen MR) is 82.6 cm³/mol. The van der Waals surface area contributed by atoms with Gasteiger partial charge in [-0.2, -0.15) is 0 Å². The van der Waals surface area contributed by atoms with Crippen LogP contribution in [0.25, 0.3) is 0 Å². The lowest BCUT2D eigenvalue weighted by Crippen LogP contribution is -2.36. The fraction of sp³-hybridized carbons (Fsp3) is 0.944. The lowest BCUT2D eigenvalue weighted by molar-refractivity contribution is -0.147. The summed E-state index contributed by atoms with van der Waals surface area (Å²) in [6, 6.07) is 0. The molecule has 0 spiro atoms. The maximum atomic E-state index is 11.6. The first-order valence-corrected chi connectivity index (χ1v) is 8.88. The normalized spacial score (nSPS) is 38.6. The highest BCUT2D eigenvalue weighted by atomic mass is 16.4. The Balaban J connectivity index is 1.98. The predicted octanol–water partition coefficient (Wildman–Crippen LogP) is 5.12. The number of carbonyl (C=O) groups is 1. The molecule has 3 unspecified atom stereocenters. The van der Waals surface area contributed by atoms with E-state index in [4.69, 9.17) is 0 Å². The van der Waals surface area contributed by atoms with Gasteiger partial charge in [-0.1, -0.05) is 46.0 Å². The van der Waals surface area contributed by atoms with Gasteiger partial charge >= 0.3 is 5.97 Å². The van der Waals surface area contributed by atoms with Crippen LogP contribution in [-0.2, 0) is 4.79 Å². The Morgan fingerprint density at radius 2 is 1.65 bits per heavy atom. The Bertz CT molecular complexity index is 305. The largest absolute Gasteiger partial charge is 0.481 e. The van der Waals surface area contributed by atoms with Crippen molar-refractivity contribution in [3.8, 4) is 0 Å². The number of aliphatic carboxylic acids is 1. The third-order valence-electron chi connectivity index (χ3n) is 6.10. The van der Waals surface area contributed by atoms with Crippen LogP contribution in [0, 0.1) is 29.6 Å². The first kappa shape index (κ1) is 15.9. The van der Waals surface area contributed by atoms with Crippen molar-refractivity contribution in [1.82, 2.24) is 0 Å². The molecule has 2 aliphatic carbocycles. The highest BCUT2D eigenvalue weighted by Crippen LogP contribution is 2.45. The molecular weight excluding hydrogens is 248 g/mol. The van der Waals surface area contributed by atoms with Gasteiger partial charge in [-0.25, -0.2) is 0 Å². The fourth-order valence-electron chi connectivity index (χ4n) is 4.82. The van der Waals surface area contributed by atoms with Crippen LogP contribution in [-0.4, -0.2) is 11.1 Å². The summed E-state index contributed by atoms with van der Waals surface area (Å²) in [5, 5.41) is 9.55. The average molecular weight is 280 g/mol. The van der Waals surface area contributed by atoms with Crippen molar-refractivity contribution >= 4 is 5.97 Å². The standard InChI is InChI=1S/C18H32O2/c1-3-5-14-8-11-16(18(19)20)17(12-14)15-9-6-13(4-2)7-10-15/h13-17H,3-12H2,1-2H3,(H,19,20). The number of rotatable bonds is 5. The molecule has 2 nitrogen and oxygen atoms in total. The summed E-state index contributed by atoms with van der Waals surface area (Å²) < 4.78 is 0. The van der Waals surface area contributed by atoms with E-state index < -0.39 is 5.97 Å². The van der Waals surface area contributed by atoms with Gasteiger partial charge in [0, 0.05) is 0 Å². The number of carboxylic acid groups (broad SMARTS) is 1. The number of hydrogen-bond acceptors (Lipinski definition) is 1. The molecule has 0 aromatic heterocycles. The summed E-state index contributed by atoms with van der Waals surface area (Å²) in [6.07, 6.45) is 12.3. The topological polar surface area (TPSA) is 37.3 Å². The van der Waals surface area contributed by atoms with Gasteiger partial charge in [0.1, 0.15) is 0 Å². The van der Waals surface area contributed by atoms with Gasteiger partial charge in [-0.3, -0.25) is 4.79 Å². The third kappa shape index (κ3) is 3.77. The van der Waals surface area contributed by atoms with Gasteiger partial charge in [0.05, 0.1) is 5.92 Å². The second kappa shape index (κ2) is 7.47. The van der Waals surface area contributed by atoms with E-state index in [-0.39, 0.29) is 5.92 Å². The van der Waals surface area contributed by atoms with Crippen LogP contribution in [0.4, 0.5) is 0 Å². The third-order valence-corrected chi connectivity index (χ3v) is 6.10. The Labute approximate surface area is 124 Å². The quantitative estimate of drug-likeness (QED) is 0.759. The van der Waals surface area contributed by atoms with Crippen molar-refractivity contribution in [1.29, 1.82) is 0 Å². The Hall–Kier alpha value is -0.530. The van der Waals surface area contributed by atoms with E-state index in [1.807, 2.05) is 0 Å². The molecule has 0 aromatic carbocycles. The molecule has 2 saturated carbocycles. The molecule has 2 rings (SSSR count). The van der Waals surface area contributed by atoms with E-state index >= 15 is 0 Å². The molecular formula is C18H32O2. The first-order valence-electron chi connectivity index (χ1n) is 8.88. The molecule has 0 saturated heterocycles. The van der Waals surface area contributed by atoms with Crippen molar-refractivity contribution in [3.63, 3.8) is 0 Å². The second-order valence-corrected chi connectivity index (χ2v) is 7.27. The monoisotopic (exact) mass is 280 g/mol. The highest BCUT2D eigenvalue weighted by Gasteiger charge is 2.40. The van der Waals surface area contributed by atoms with Gasteiger partial charge in [-0.05, 0) is 55.8 Å².